The maximum absolute atomic E-state index is 12.4. The van der Waals surface area contributed by atoms with Gasteiger partial charge in [0.1, 0.15) is 6.33 Å². The first-order valence-corrected chi connectivity index (χ1v) is 9.99. The molecule has 1 aromatic heterocycles. The molecule has 1 heterocycles. The topological polar surface area (TPSA) is 59.8 Å². The van der Waals surface area contributed by atoms with Gasteiger partial charge >= 0.3 is 0 Å². The summed E-state index contributed by atoms with van der Waals surface area (Å²) in [5, 5.41) is 12.6. The van der Waals surface area contributed by atoms with Gasteiger partial charge in [0.05, 0.1) is 11.4 Å². The Morgan fingerprint density at radius 1 is 1.36 bits per heavy atom. The Bertz CT molecular complexity index is 725. The van der Waals surface area contributed by atoms with Crippen molar-refractivity contribution >= 4 is 29.3 Å². The molecule has 2 unspecified atom stereocenters. The van der Waals surface area contributed by atoms with Crippen molar-refractivity contribution in [2.24, 2.45) is 11.8 Å². The van der Waals surface area contributed by atoms with Gasteiger partial charge in [0, 0.05) is 11.1 Å². The molecule has 1 aliphatic carbocycles. The number of aromatic nitrogens is 3. The van der Waals surface area contributed by atoms with Gasteiger partial charge in [-0.15, -0.1) is 10.2 Å². The molecular weight excluding hydrogens is 356 g/mol. The fourth-order valence-electron chi connectivity index (χ4n) is 3.45. The van der Waals surface area contributed by atoms with Crippen LogP contribution in [-0.2, 0) is 4.79 Å². The highest BCUT2D eigenvalue weighted by Gasteiger charge is 2.28. The second-order valence-corrected chi connectivity index (χ2v) is 8.11. The van der Waals surface area contributed by atoms with E-state index in [1.807, 2.05) is 28.8 Å². The van der Waals surface area contributed by atoms with Crippen molar-refractivity contribution in [2.75, 3.05) is 5.75 Å². The molecule has 0 spiro atoms. The molecule has 1 aromatic carbocycles. The predicted octanol–water partition coefficient (Wildman–Crippen LogP) is 3.95. The maximum Gasteiger partial charge on any atom is 0.230 e. The quantitative estimate of drug-likeness (QED) is 0.800. The molecule has 134 valence electrons. The van der Waals surface area contributed by atoms with Crippen LogP contribution in [0.4, 0.5) is 0 Å². The van der Waals surface area contributed by atoms with Crippen LogP contribution in [0.15, 0.2) is 35.7 Å². The number of nitrogens with zero attached hydrogens (tertiary/aromatic N) is 3. The van der Waals surface area contributed by atoms with Crippen LogP contribution in [0, 0.1) is 11.8 Å². The third kappa shape index (κ3) is 4.55. The highest BCUT2D eigenvalue weighted by Crippen LogP contribution is 2.29. The normalized spacial score (nSPS) is 23.4. The Morgan fingerprint density at radius 2 is 2.12 bits per heavy atom. The monoisotopic (exact) mass is 378 g/mol. The van der Waals surface area contributed by atoms with Gasteiger partial charge in [-0.1, -0.05) is 49.7 Å². The number of nitrogens with one attached hydrogen (secondary N) is 1. The lowest BCUT2D eigenvalue weighted by Gasteiger charge is -2.35. The van der Waals surface area contributed by atoms with E-state index >= 15 is 0 Å². The van der Waals surface area contributed by atoms with Crippen molar-refractivity contribution in [3.8, 4) is 5.69 Å². The van der Waals surface area contributed by atoms with Crippen LogP contribution in [0.3, 0.4) is 0 Å². The Morgan fingerprint density at radius 3 is 2.84 bits per heavy atom. The largest absolute Gasteiger partial charge is 0.352 e. The van der Waals surface area contributed by atoms with Crippen molar-refractivity contribution in [1.82, 2.24) is 20.1 Å². The lowest BCUT2D eigenvalue weighted by molar-refractivity contribution is -0.120. The number of benzene rings is 1. The third-order valence-electron chi connectivity index (χ3n) is 4.81. The molecule has 5 nitrogen and oxygen atoms in total. The van der Waals surface area contributed by atoms with Crippen molar-refractivity contribution in [3.05, 3.63) is 35.6 Å². The summed E-state index contributed by atoms with van der Waals surface area (Å²) in [5.41, 5.74) is 0.884. The van der Waals surface area contributed by atoms with E-state index in [9.17, 15) is 4.79 Å². The van der Waals surface area contributed by atoms with Gasteiger partial charge in [0.15, 0.2) is 5.16 Å². The first kappa shape index (κ1) is 18.3. The van der Waals surface area contributed by atoms with Gasteiger partial charge in [0.25, 0.3) is 0 Å². The molecular formula is C18H23ClN4OS. The summed E-state index contributed by atoms with van der Waals surface area (Å²) in [6.45, 7) is 4.45. The Hall–Kier alpha value is -1.53. The summed E-state index contributed by atoms with van der Waals surface area (Å²) in [6.07, 6.45) is 5.26. The SMILES string of the molecule is CC1CCCC(C)C1NC(=O)CSc1nncn1-c1cccc(Cl)c1. The minimum absolute atomic E-state index is 0.0521. The van der Waals surface area contributed by atoms with Crippen LogP contribution in [0.2, 0.25) is 5.02 Å². The van der Waals surface area contributed by atoms with E-state index in [1.165, 1.54) is 31.0 Å². The van der Waals surface area contributed by atoms with E-state index in [2.05, 4.69) is 29.4 Å². The fraction of sp³-hybridized carbons (Fsp3) is 0.500. The Kier molecular flexibility index (Phi) is 6.02. The van der Waals surface area contributed by atoms with Gasteiger partial charge in [-0.05, 0) is 42.9 Å². The first-order chi connectivity index (χ1) is 12.0. The lowest BCUT2D eigenvalue weighted by Crippen LogP contribution is -2.46. The second kappa shape index (κ2) is 8.23. The number of carbonyl (C=O) groups excluding carboxylic acids is 1. The van der Waals surface area contributed by atoms with Gasteiger partial charge in [-0.3, -0.25) is 9.36 Å². The number of amides is 1. The molecule has 3 rings (SSSR count). The zero-order chi connectivity index (χ0) is 17.8. The van der Waals surface area contributed by atoms with E-state index in [4.69, 9.17) is 11.6 Å². The van der Waals surface area contributed by atoms with Gasteiger partial charge in [-0.2, -0.15) is 0 Å². The molecule has 1 amide bonds. The van der Waals surface area contributed by atoms with Crippen LogP contribution in [-0.4, -0.2) is 32.5 Å². The molecule has 7 heteroatoms. The fourth-order valence-corrected chi connectivity index (χ4v) is 4.37. The second-order valence-electron chi connectivity index (χ2n) is 6.73. The molecule has 1 aliphatic rings. The van der Waals surface area contributed by atoms with E-state index in [0.29, 0.717) is 27.8 Å². The molecule has 1 fully saturated rings. The smallest absolute Gasteiger partial charge is 0.230 e. The molecule has 0 aliphatic heterocycles. The molecule has 0 bridgehead atoms. The average Bonchev–Trinajstić information content (AvgIpc) is 3.05. The highest BCUT2D eigenvalue weighted by molar-refractivity contribution is 7.99. The van der Waals surface area contributed by atoms with E-state index in [-0.39, 0.29) is 11.9 Å². The number of carbonyl (C=O) groups is 1. The molecule has 0 saturated heterocycles. The summed E-state index contributed by atoms with van der Waals surface area (Å²) in [6, 6.07) is 7.76. The summed E-state index contributed by atoms with van der Waals surface area (Å²) in [4.78, 5) is 12.4. The van der Waals surface area contributed by atoms with Crippen molar-refractivity contribution in [1.29, 1.82) is 0 Å². The van der Waals surface area contributed by atoms with Crippen LogP contribution in [0.25, 0.3) is 5.69 Å². The predicted molar refractivity (Wildman–Crippen MR) is 101 cm³/mol. The Labute approximate surface area is 157 Å². The number of halogens is 1. The third-order valence-corrected chi connectivity index (χ3v) is 5.99. The number of hydrogen-bond donors (Lipinski definition) is 1. The molecule has 1 saturated carbocycles. The van der Waals surface area contributed by atoms with E-state index in [0.717, 1.165) is 5.69 Å². The minimum atomic E-state index is 0.0521. The van der Waals surface area contributed by atoms with Crippen LogP contribution in [0.1, 0.15) is 33.1 Å². The van der Waals surface area contributed by atoms with Crippen LogP contribution < -0.4 is 5.32 Å². The molecule has 1 N–H and O–H groups in total. The molecule has 2 aromatic rings. The number of rotatable bonds is 5. The van der Waals surface area contributed by atoms with Crippen molar-refractivity contribution in [2.45, 2.75) is 44.3 Å². The number of hydrogen-bond acceptors (Lipinski definition) is 4. The molecule has 25 heavy (non-hydrogen) atoms. The minimum Gasteiger partial charge on any atom is -0.352 e. The van der Waals surface area contributed by atoms with Crippen molar-refractivity contribution < 1.29 is 4.79 Å². The standard InChI is InChI=1S/C18H23ClN4OS/c1-12-5-3-6-13(2)17(12)21-16(24)10-25-18-22-20-11-23(18)15-8-4-7-14(19)9-15/h4,7-9,11-13,17H,3,5-6,10H2,1-2H3,(H,21,24). The Balaban J connectivity index is 1.61. The lowest BCUT2D eigenvalue weighted by atomic mass is 9.79. The molecule has 2 atom stereocenters. The summed E-state index contributed by atoms with van der Waals surface area (Å²) in [5.74, 6) is 1.45. The highest BCUT2D eigenvalue weighted by atomic mass is 35.5. The van der Waals surface area contributed by atoms with Gasteiger partial charge in [0.2, 0.25) is 5.91 Å². The van der Waals surface area contributed by atoms with E-state index in [1.54, 1.807) is 6.33 Å². The zero-order valence-electron chi connectivity index (χ0n) is 14.5. The zero-order valence-corrected chi connectivity index (χ0v) is 16.1. The summed E-state index contributed by atoms with van der Waals surface area (Å²) in [7, 11) is 0. The van der Waals surface area contributed by atoms with Gasteiger partial charge in [-0.25, -0.2) is 0 Å². The first-order valence-electron chi connectivity index (χ1n) is 8.62. The maximum atomic E-state index is 12.4. The number of thioether (sulfide) groups is 1. The van der Waals surface area contributed by atoms with E-state index < -0.39 is 0 Å². The summed E-state index contributed by atoms with van der Waals surface area (Å²) < 4.78 is 1.84. The summed E-state index contributed by atoms with van der Waals surface area (Å²) >= 11 is 7.44. The van der Waals surface area contributed by atoms with Crippen molar-refractivity contribution in [3.63, 3.8) is 0 Å². The van der Waals surface area contributed by atoms with Crippen LogP contribution in [0.5, 0.6) is 0 Å². The average molecular weight is 379 g/mol. The van der Waals surface area contributed by atoms with Crippen LogP contribution >= 0.6 is 23.4 Å². The molecule has 0 radical (unpaired) electrons. The van der Waals surface area contributed by atoms with Gasteiger partial charge < -0.3 is 5.32 Å².